The highest BCUT2D eigenvalue weighted by molar-refractivity contribution is 5.87. The molecule has 2 N–H and O–H groups in total. The van der Waals surface area contributed by atoms with Crippen LogP contribution in [-0.4, -0.2) is 89.8 Å². The molecule has 3 rings (SSSR count). The SMILES string of the molecule is CN1CCN(C(=O)C(O)C(O)C(OCc2ccccc2)C(=O)COCc2ccccc2)CC1. The Morgan fingerprint density at radius 1 is 0.879 bits per heavy atom. The van der Waals surface area contributed by atoms with E-state index in [9.17, 15) is 19.8 Å². The molecule has 8 nitrogen and oxygen atoms in total. The summed E-state index contributed by atoms with van der Waals surface area (Å²) in [7, 11) is 1.95. The normalized spacial score (nSPS) is 17.4. The van der Waals surface area contributed by atoms with E-state index in [2.05, 4.69) is 4.90 Å². The molecular formula is C25H32N2O6. The van der Waals surface area contributed by atoms with Crippen molar-refractivity contribution in [3.63, 3.8) is 0 Å². The fourth-order valence-electron chi connectivity index (χ4n) is 3.59. The number of carbonyl (C=O) groups is 2. The quantitative estimate of drug-likeness (QED) is 0.517. The number of hydrogen-bond donors (Lipinski definition) is 2. The van der Waals surface area contributed by atoms with Crippen LogP contribution in [0.15, 0.2) is 60.7 Å². The molecule has 1 aliphatic rings. The van der Waals surface area contributed by atoms with Gasteiger partial charge in [0.05, 0.1) is 13.2 Å². The number of ketones is 1. The van der Waals surface area contributed by atoms with E-state index in [1.807, 2.05) is 67.7 Å². The highest BCUT2D eigenvalue weighted by Gasteiger charge is 2.38. The van der Waals surface area contributed by atoms with Crippen molar-refractivity contribution in [2.75, 3.05) is 39.8 Å². The van der Waals surface area contributed by atoms with Crippen LogP contribution in [0.4, 0.5) is 0 Å². The minimum absolute atomic E-state index is 0.0441. The van der Waals surface area contributed by atoms with Crippen LogP contribution in [-0.2, 0) is 32.3 Å². The van der Waals surface area contributed by atoms with Crippen molar-refractivity contribution in [2.45, 2.75) is 31.5 Å². The van der Waals surface area contributed by atoms with Gasteiger partial charge in [-0.15, -0.1) is 0 Å². The van der Waals surface area contributed by atoms with Gasteiger partial charge in [0.25, 0.3) is 5.91 Å². The zero-order valence-electron chi connectivity index (χ0n) is 18.9. The summed E-state index contributed by atoms with van der Waals surface area (Å²) >= 11 is 0. The lowest BCUT2D eigenvalue weighted by Gasteiger charge is -2.35. The predicted molar refractivity (Wildman–Crippen MR) is 122 cm³/mol. The first kappa shape index (κ1) is 25.0. The van der Waals surface area contributed by atoms with Crippen LogP contribution in [0.1, 0.15) is 11.1 Å². The van der Waals surface area contributed by atoms with Crippen LogP contribution >= 0.6 is 0 Å². The summed E-state index contributed by atoms with van der Waals surface area (Å²) in [5.41, 5.74) is 1.70. The van der Waals surface area contributed by atoms with E-state index in [0.29, 0.717) is 26.2 Å². The Balaban J connectivity index is 1.63. The maximum absolute atomic E-state index is 12.9. The van der Waals surface area contributed by atoms with E-state index < -0.39 is 30.0 Å². The summed E-state index contributed by atoms with van der Waals surface area (Å²) in [5, 5.41) is 21.4. The van der Waals surface area contributed by atoms with Gasteiger partial charge in [0.2, 0.25) is 0 Å². The number of aliphatic hydroxyl groups is 2. The van der Waals surface area contributed by atoms with E-state index in [4.69, 9.17) is 9.47 Å². The number of ether oxygens (including phenoxy) is 2. The van der Waals surface area contributed by atoms with E-state index in [1.165, 1.54) is 4.90 Å². The number of benzene rings is 2. The zero-order chi connectivity index (χ0) is 23.6. The van der Waals surface area contributed by atoms with Gasteiger partial charge in [-0.05, 0) is 18.2 Å². The number of aliphatic hydroxyl groups excluding tert-OH is 2. The predicted octanol–water partition coefficient (Wildman–Crippen LogP) is 0.854. The highest BCUT2D eigenvalue weighted by Crippen LogP contribution is 2.14. The molecule has 3 atom stereocenters. The molecule has 1 saturated heterocycles. The second kappa shape index (κ2) is 12.6. The minimum Gasteiger partial charge on any atom is -0.387 e. The van der Waals surface area contributed by atoms with E-state index >= 15 is 0 Å². The van der Waals surface area contributed by atoms with Gasteiger partial charge in [-0.25, -0.2) is 0 Å². The van der Waals surface area contributed by atoms with Crippen LogP contribution in [0.5, 0.6) is 0 Å². The summed E-state index contributed by atoms with van der Waals surface area (Å²) < 4.78 is 11.2. The summed E-state index contributed by atoms with van der Waals surface area (Å²) in [6, 6.07) is 18.6. The molecular weight excluding hydrogens is 424 g/mol. The second-order valence-corrected chi connectivity index (χ2v) is 8.23. The standard InChI is InChI=1S/C25H32N2O6/c1-26-12-14-27(15-13-26)25(31)23(30)22(29)24(33-17-20-10-6-3-7-11-20)21(28)18-32-16-19-8-4-2-5-9-19/h2-11,22-24,29-30H,12-18H2,1H3. The Labute approximate surface area is 194 Å². The van der Waals surface area contributed by atoms with Gasteiger partial charge in [-0.3, -0.25) is 9.59 Å². The maximum atomic E-state index is 12.9. The van der Waals surface area contributed by atoms with Gasteiger partial charge in [0, 0.05) is 26.2 Å². The Morgan fingerprint density at radius 2 is 1.42 bits per heavy atom. The molecule has 1 heterocycles. The molecule has 8 heteroatoms. The number of carbonyl (C=O) groups excluding carboxylic acids is 2. The van der Waals surface area contributed by atoms with Gasteiger partial charge in [0.1, 0.15) is 18.8 Å². The molecule has 3 unspecified atom stereocenters. The van der Waals surface area contributed by atoms with Crippen molar-refractivity contribution in [1.29, 1.82) is 0 Å². The van der Waals surface area contributed by atoms with Crippen LogP contribution < -0.4 is 0 Å². The molecule has 0 saturated carbocycles. The van der Waals surface area contributed by atoms with E-state index in [-0.39, 0.29) is 19.8 Å². The first-order chi connectivity index (χ1) is 16.0. The third kappa shape index (κ3) is 7.45. The number of hydrogen-bond acceptors (Lipinski definition) is 7. The molecule has 0 aromatic heterocycles. The monoisotopic (exact) mass is 456 g/mol. The number of likely N-dealkylation sites (N-methyl/N-ethyl adjacent to an activating group) is 1. The lowest BCUT2D eigenvalue weighted by Crippen LogP contribution is -2.56. The fraction of sp³-hybridized carbons (Fsp3) is 0.440. The molecule has 1 amide bonds. The van der Waals surface area contributed by atoms with Crippen LogP contribution in [0, 0.1) is 0 Å². The Morgan fingerprint density at radius 3 is 2.00 bits per heavy atom. The summed E-state index contributed by atoms with van der Waals surface area (Å²) in [6.45, 7) is 2.19. The average Bonchev–Trinajstić information content (AvgIpc) is 2.85. The number of nitrogens with zero attached hydrogens (tertiary/aromatic N) is 2. The minimum atomic E-state index is -1.77. The van der Waals surface area contributed by atoms with E-state index in [1.54, 1.807) is 0 Å². The van der Waals surface area contributed by atoms with Crippen molar-refractivity contribution >= 4 is 11.7 Å². The number of piperazine rings is 1. The van der Waals surface area contributed by atoms with Gasteiger partial charge >= 0.3 is 0 Å². The van der Waals surface area contributed by atoms with Gasteiger partial charge in [0.15, 0.2) is 11.9 Å². The molecule has 2 aromatic rings. The Hall–Kier alpha value is -2.62. The van der Waals surface area contributed by atoms with Crippen LogP contribution in [0.3, 0.4) is 0 Å². The molecule has 0 bridgehead atoms. The molecule has 0 spiro atoms. The molecule has 1 aliphatic heterocycles. The Kier molecular flexibility index (Phi) is 9.53. The lowest BCUT2D eigenvalue weighted by atomic mass is 10.0. The smallest absolute Gasteiger partial charge is 0.254 e. The van der Waals surface area contributed by atoms with Crippen LogP contribution in [0.2, 0.25) is 0 Å². The van der Waals surface area contributed by atoms with Crippen LogP contribution in [0.25, 0.3) is 0 Å². The summed E-state index contributed by atoms with van der Waals surface area (Å²) in [4.78, 5) is 29.2. The molecule has 33 heavy (non-hydrogen) atoms. The number of rotatable bonds is 11. The summed E-state index contributed by atoms with van der Waals surface area (Å²) in [5.74, 6) is -1.15. The van der Waals surface area contributed by atoms with Gasteiger partial charge < -0.3 is 29.5 Å². The second-order valence-electron chi connectivity index (χ2n) is 8.23. The van der Waals surface area contributed by atoms with Crippen molar-refractivity contribution in [3.05, 3.63) is 71.8 Å². The van der Waals surface area contributed by atoms with Crippen molar-refractivity contribution in [3.8, 4) is 0 Å². The molecule has 0 aliphatic carbocycles. The van der Waals surface area contributed by atoms with Crippen molar-refractivity contribution in [1.82, 2.24) is 9.80 Å². The Bertz CT molecular complexity index is 871. The number of amides is 1. The highest BCUT2D eigenvalue weighted by atomic mass is 16.5. The molecule has 0 radical (unpaired) electrons. The van der Waals surface area contributed by atoms with Crippen molar-refractivity contribution in [2.24, 2.45) is 0 Å². The number of Topliss-reactive ketones (excluding diaryl/α,β-unsaturated/α-hetero) is 1. The van der Waals surface area contributed by atoms with E-state index in [0.717, 1.165) is 11.1 Å². The lowest BCUT2D eigenvalue weighted by molar-refractivity contribution is -0.164. The van der Waals surface area contributed by atoms with Gasteiger partial charge in [-0.2, -0.15) is 0 Å². The summed E-state index contributed by atoms with van der Waals surface area (Å²) in [6.07, 6.45) is -4.90. The largest absolute Gasteiger partial charge is 0.387 e. The molecule has 178 valence electrons. The topological polar surface area (TPSA) is 99.5 Å². The first-order valence-electron chi connectivity index (χ1n) is 11.1. The van der Waals surface area contributed by atoms with Crippen molar-refractivity contribution < 1.29 is 29.3 Å². The van der Waals surface area contributed by atoms with Gasteiger partial charge in [-0.1, -0.05) is 60.7 Å². The molecule has 2 aromatic carbocycles. The molecule has 1 fully saturated rings. The average molecular weight is 457 g/mol. The third-order valence-electron chi connectivity index (χ3n) is 5.65. The third-order valence-corrected chi connectivity index (χ3v) is 5.65. The zero-order valence-corrected chi connectivity index (χ0v) is 18.9. The fourth-order valence-corrected chi connectivity index (χ4v) is 3.59. The first-order valence-corrected chi connectivity index (χ1v) is 11.1. The maximum Gasteiger partial charge on any atom is 0.254 e.